The monoisotopic (exact) mass is 228 g/mol. The van der Waals surface area contributed by atoms with E-state index >= 15 is 0 Å². The van der Waals surface area contributed by atoms with E-state index < -0.39 is 0 Å². The van der Waals surface area contributed by atoms with Crippen LogP contribution in [0.25, 0.3) is 11.1 Å². The van der Waals surface area contributed by atoms with Gasteiger partial charge in [-0.05, 0) is 35.2 Å². The second-order valence-corrected chi connectivity index (χ2v) is 3.91. The first-order chi connectivity index (χ1) is 8.33. The second kappa shape index (κ2) is 5.51. The van der Waals surface area contributed by atoms with Gasteiger partial charge in [0, 0.05) is 6.61 Å². The molecule has 0 heterocycles. The minimum Gasteiger partial charge on any atom is -0.497 e. The Balaban J connectivity index is 2.34. The SMILES string of the molecule is COc1cccc(-c2cccc(CCO)c2)c1. The lowest BCUT2D eigenvalue weighted by Crippen LogP contribution is -1.91. The Hall–Kier alpha value is -1.80. The Bertz CT molecular complexity index is 492. The van der Waals surface area contributed by atoms with Gasteiger partial charge < -0.3 is 9.84 Å². The maximum atomic E-state index is 8.94. The second-order valence-electron chi connectivity index (χ2n) is 3.91. The third-order valence-electron chi connectivity index (χ3n) is 2.73. The van der Waals surface area contributed by atoms with E-state index in [1.54, 1.807) is 7.11 Å². The van der Waals surface area contributed by atoms with E-state index in [0.29, 0.717) is 6.42 Å². The zero-order chi connectivity index (χ0) is 12.1. The number of aliphatic hydroxyl groups is 1. The molecule has 0 aromatic heterocycles. The van der Waals surface area contributed by atoms with E-state index in [4.69, 9.17) is 9.84 Å². The van der Waals surface area contributed by atoms with Gasteiger partial charge in [0.1, 0.15) is 5.75 Å². The lowest BCUT2D eigenvalue weighted by atomic mass is 10.0. The molecule has 0 fully saturated rings. The first kappa shape index (κ1) is 11.7. The molecule has 0 aliphatic carbocycles. The Labute approximate surface area is 101 Å². The lowest BCUT2D eigenvalue weighted by molar-refractivity contribution is 0.299. The minimum atomic E-state index is 0.182. The summed E-state index contributed by atoms with van der Waals surface area (Å²) in [5.74, 6) is 0.857. The molecule has 2 aromatic carbocycles. The average Bonchev–Trinajstić information content (AvgIpc) is 2.40. The summed E-state index contributed by atoms with van der Waals surface area (Å²) in [7, 11) is 1.67. The highest BCUT2D eigenvalue weighted by molar-refractivity contribution is 5.65. The number of ether oxygens (including phenoxy) is 1. The molecule has 0 saturated carbocycles. The standard InChI is InChI=1S/C15H16O2/c1-17-15-7-3-6-14(11-15)13-5-2-4-12(10-13)8-9-16/h2-7,10-11,16H,8-9H2,1H3. The van der Waals surface area contributed by atoms with Crippen LogP contribution in [-0.4, -0.2) is 18.8 Å². The molecule has 0 radical (unpaired) electrons. The molecule has 0 atom stereocenters. The van der Waals surface area contributed by atoms with E-state index in [2.05, 4.69) is 18.2 Å². The molecule has 2 nitrogen and oxygen atoms in total. The summed E-state index contributed by atoms with van der Waals surface area (Å²) in [6, 6.07) is 16.2. The van der Waals surface area contributed by atoms with Crippen molar-refractivity contribution in [1.29, 1.82) is 0 Å². The molecule has 0 amide bonds. The Morgan fingerprint density at radius 1 is 1.00 bits per heavy atom. The highest BCUT2D eigenvalue weighted by Crippen LogP contribution is 2.24. The van der Waals surface area contributed by atoms with E-state index in [1.165, 1.54) is 0 Å². The highest BCUT2D eigenvalue weighted by Gasteiger charge is 2.00. The fourth-order valence-corrected chi connectivity index (χ4v) is 1.84. The smallest absolute Gasteiger partial charge is 0.119 e. The van der Waals surface area contributed by atoms with Gasteiger partial charge in [0.15, 0.2) is 0 Å². The van der Waals surface area contributed by atoms with Crippen LogP contribution in [0, 0.1) is 0 Å². The zero-order valence-electron chi connectivity index (χ0n) is 9.89. The Morgan fingerprint density at radius 3 is 2.41 bits per heavy atom. The molecular formula is C15H16O2. The average molecular weight is 228 g/mol. The van der Waals surface area contributed by atoms with Crippen LogP contribution < -0.4 is 4.74 Å². The summed E-state index contributed by atoms with van der Waals surface area (Å²) >= 11 is 0. The van der Waals surface area contributed by atoms with Crippen LogP contribution in [0.3, 0.4) is 0 Å². The topological polar surface area (TPSA) is 29.5 Å². The number of aliphatic hydroxyl groups excluding tert-OH is 1. The van der Waals surface area contributed by atoms with Crippen molar-refractivity contribution in [2.24, 2.45) is 0 Å². The molecule has 2 rings (SSSR count). The van der Waals surface area contributed by atoms with E-state index in [0.717, 1.165) is 22.4 Å². The fourth-order valence-electron chi connectivity index (χ4n) is 1.84. The van der Waals surface area contributed by atoms with Crippen LogP contribution in [-0.2, 0) is 6.42 Å². The number of benzene rings is 2. The summed E-state index contributed by atoms with van der Waals surface area (Å²) in [6.07, 6.45) is 0.692. The van der Waals surface area contributed by atoms with Gasteiger partial charge >= 0.3 is 0 Å². The zero-order valence-corrected chi connectivity index (χ0v) is 9.89. The van der Waals surface area contributed by atoms with Crippen molar-refractivity contribution in [3.05, 3.63) is 54.1 Å². The van der Waals surface area contributed by atoms with E-state index in [-0.39, 0.29) is 6.61 Å². The van der Waals surface area contributed by atoms with Crippen molar-refractivity contribution in [2.45, 2.75) is 6.42 Å². The van der Waals surface area contributed by atoms with Crippen molar-refractivity contribution < 1.29 is 9.84 Å². The molecule has 0 saturated heterocycles. The molecule has 0 bridgehead atoms. The van der Waals surface area contributed by atoms with Crippen LogP contribution in [0.15, 0.2) is 48.5 Å². The van der Waals surface area contributed by atoms with Gasteiger partial charge in [0.25, 0.3) is 0 Å². The summed E-state index contributed by atoms with van der Waals surface area (Å²) in [5.41, 5.74) is 3.42. The van der Waals surface area contributed by atoms with E-state index in [1.807, 2.05) is 30.3 Å². The molecule has 0 aliphatic heterocycles. The molecule has 0 aliphatic rings. The van der Waals surface area contributed by atoms with Gasteiger partial charge in [-0.1, -0.05) is 36.4 Å². The van der Waals surface area contributed by atoms with Crippen LogP contribution in [0.4, 0.5) is 0 Å². The molecular weight excluding hydrogens is 212 g/mol. The number of hydrogen-bond donors (Lipinski definition) is 1. The number of methoxy groups -OCH3 is 1. The normalized spacial score (nSPS) is 10.2. The lowest BCUT2D eigenvalue weighted by Gasteiger charge is -2.06. The Kier molecular flexibility index (Phi) is 3.78. The quantitative estimate of drug-likeness (QED) is 0.871. The number of hydrogen-bond acceptors (Lipinski definition) is 2. The van der Waals surface area contributed by atoms with Crippen LogP contribution >= 0.6 is 0 Å². The van der Waals surface area contributed by atoms with Gasteiger partial charge in [0.2, 0.25) is 0 Å². The largest absolute Gasteiger partial charge is 0.497 e. The summed E-state index contributed by atoms with van der Waals surface area (Å²) < 4.78 is 5.21. The maximum absolute atomic E-state index is 8.94. The molecule has 0 spiro atoms. The summed E-state index contributed by atoms with van der Waals surface area (Å²) in [5, 5.41) is 8.94. The molecule has 2 heteroatoms. The first-order valence-corrected chi connectivity index (χ1v) is 5.67. The van der Waals surface area contributed by atoms with Gasteiger partial charge in [-0.15, -0.1) is 0 Å². The predicted octanol–water partition coefficient (Wildman–Crippen LogP) is 2.90. The van der Waals surface area contributed by atoms with Gasteiger partial charge in [-0.3, -0.25) is 0 Å². The van der Waals surface area contributed by atoms with Crippen molar-refractivity contribution in [3.8, 4) is 16.9 Å². The number of rotatable bonds is 4. The Morgan fingerprint density at radius 2 is 1.71 bits per heavy atom. The van der Waals surface area contributed by atoms with Crippen LogP contribution in [0.2, 0.25) is 0 Å². The molecule has 0 unspecified atom stereocenters. The minimum absolute atomic E-state index is 0.182. The third-order valence-corrected chi connectivity index (χ3v) is 2.73. The van der Waals surface area contributed by atoms with Gasteiger partial charge in [-0.25, -0.2) is 0 Å². The highest BCUT2D eigenvalue weighted by atomic mass is 16.5. The predicted molar refractivity (Wildman–Crippen MR) is 69.2 cm³/mol. The van der Waals surface area contributed by atoms with Crippen molar-refractivity contribution >= 4 is 0 Å². The molecule has 88 valence electrons. The van der Waals surface area contributed by atoms with Crippen molar-refractivity contribution in [1.82, 2.24) is 0 Å². The van der Waals surface area contributed by atoms with Gasteiger partial charge in [0.05, 0.1) is 7.11 Å². The van der Waals surface area contributed by atoms with Crippen molar-refractivity contribution in [2.75, 3.05) is 13.7 Å². The third kappa shape index (κ3) is 2.86. The maximum Gasteiger partial charge on any atom is 0.119 e. The van der Waals surface area contributed by atoms with Crippen molar-refractivity contribution in [3.63, 3.8) is 0 Å². The van der Waals surface area contributed by atoms with Gasteiger partial charge in [-0.2, -0.15) is 0 Å². The fraction of sp³-hybridized carbons (Fsp3) is 0.200. The summed E-state index contributed by atoms with van der Waals surface area (Å²) in [4.78, 5) is 0. The molecule has 2 aromatic rings. The van der Waals surface area contributed by atoms with Crippen LogP contribution in [0.5, 0.6) is 5.75 Å². The first-order valence-electron chi connectivity index (χ1n) is 5.67. The molecule has 17 heavy (non-hydrogen) atoms. The summed E-state index contributed by atoms with van der Waals surface area (Å²) in [6.45, 7) is 0.182. The van der Waals surface area contributed by atoms with E-state index in [9.17, 15) is 0 Å². The molecule has 1 N–H and O–H groups in total. The van der Waals surface area contributed by atoms with Crippen LogP contribution in [0.1, 0.15) is 5.56 Å².